The Morgan fingerprint density at radius 2 is 1.88 bits per heavy atom. The molecule has 1 N–H and O–H groups in total. The van der Waals surface area contributed by atoms with Crippen LogP contribution in [-0.2, 0) is 9.59 Å². The maximum Gasteiger partial charge on any atom is 0.270 e. The number of aryl methyl sites for hydroxylation is 1. The van der Waals surface area contributed by atoms with Gasteiger partial charge in [-0.25, -0.2) is 0 Å². The van der Waals surface area contributed by atoms with E-state index in [2.05, 4.69) is 5.32 Å². The van der Waals surface area contributed by atoms with E-state index < -0.39 is 0 Å². The number of ether oxygens (including phenoxy) is 1. The quantitative estimate of drug-likeness (QED) is 0.284. The molecule has 1 aliphatic rings. The Morgan fingerprint density at radius 1 is 1.12 bits per heavy atom. The first-order valence-corrected chi connectivity index (χ1v) is 12.1. The monoisotopic (exact) mass is 528 g/mol. The Morgan fingerprint density at radius 3 is 2.62 bits per heavy atom. The molecule has 3 aromatic rings. The van der Waals surface area contributed by atoms with E-state index in [1.54, 1.807) is 60.7 Å². The minimum Gasteiger partial charge on any atom is -0.484 e. The minimum atomic E-state index is -0.311. The third kappa shape index (κ3) is 5.80. The number of rotatable bonds is 6. The number of hydrogen-bond acceptors (Lipinski definition) is 5. The number of thioether (sulfide) groups is 1. The average Bonchev–Trinajstić information content (AvgIpc) is 3.08. The van der Waals surface area contributed by atoms with Crippen molar-refractivity contribution in [2.24, 2.45) is 0 Å². The molecule has 172 valence electrons. The summed E-state index contributed by atoms with van der Waals surface area (Å²) >= 11 is 18.7. The highest BCUT2D eigenvalue weighted by Gasteiger charge is 2.33. The van der Waals surface area contributed by atoms with E-state index in [1.807, 2.05) is 19.1 Å². The fourth-order valence-electron chi connectivity index (χ4n) is 3.14. The smallest absolute Gasteiger partial charge is 0.270 e. The number of benzene rings is 3. The topological polar surface area (TPSA) is 58.6 Å². The van der Waals surface area contributed by atoms with Gasteiger partial charge in [0.2, 0.25) is 0 Å². The van der Waals surface area contributed by atoms with Gasteiger partial charge in [0.25, 0.3) is 11.8 Å². The Kier molecular flexibility index (Phi) is 7.58. The molecule has 9 heteroatoms. The Labute approximate surface area is 216 Å². The third-order valence-electron chi connectivity index (χ3n) is 4.86. The van der Waals surface area contributed by atoms with Gasteiger partial charge in [-0.05, 0) is 72.7 Å². The van der Waals surface area contributed by atoms with E-state index in [-0.39, 0.29) is 18.4 Å². The summed E-state index contributed by atoms with van der Waals surface area (Å²) < 4.78 is 6.08. The van der Waals surface area contributed by atoms with Crippen LogP contribution in [0.3, 0.4) is 0 Å². The molecule has 1 saturated heterocycles. The van der Waals surface area contributed by atoms with Crippen LogP contribution in [0.15, 0.2) is 71.6 Å². The fourth-order valence-corrected chi connectivity index (χ4v) is 4.75. The lowest BCUT2D eigenvalue weighted by molar-refractivity contribution is -0.118. The molecule has 0 radical (unpaired) electrons. The van der Waals surface area contributed by atoms with Gasteiger partial charge in [0.05, 0.1) is 10.6 Å². The van der Waals surface area contributed by atoms with Crippen molar-refractivity contribution in [3.63, 3.8) is 0 Å². The van der Waals surface area contributed by atoms with Crippen LogP contribution in [-0.4, -0.2) is 22.7 Å². The molecule has 2 amide bonds. The van der Waals surface area contributed by atoms with Crippen molar-refractivity contribution in [2.75, 3.05) is 16.8 Å². The summed E-state index contributed by atoms with van der Waals surface area (Å²) in [6.45, 7) is 1.72. The zero-order valence-electron chi connectivity index (χ0n) is 17.9. The highest BCUT2D eigenvalue weighted by molar-refractivity contribution is 8.27. The summed E-state index contributed by atoms with van der Waals surface area (Å²) in [6, 6.07) is 19.4. The molecular formula is C25H18Cl2N2O3S2. The predicted molar refractivity (Wildman–Crippen MR) is 144 cm³/mol. The number of carbonyl (C=O) groups excluding carboxylic acids is 2. The molecule has 3 aromatic carbocycles. The van der Waals surface area contributed by atoms with E-state index in [0.29, 0.717) is 36.4 Å². The van der Waals surface area contributed by atoms with Crippen molar-refractivity contribution < 1.29 is 14.3 Å². The molecule has 1 fully saturated rings. The van der Waals surface area contributed by atoms with Gasteiger partial charge in [-0.1, -0.05) is 65.4 Å². The van der Waals surface area contributed by atoms with Crippen molar-refractivity contribution in [1.82, 2.24) is 0 Å². The molecule has 1 heterocycles. The van der Waals surface area contributed by atoms with Gasteiger partial charge in [-0.15, -0.1) is 0 Å². The first kappa shape index (κ1) is 24.3. The van der Waals surface area contributed by atoms with Gasteiger partial charge >= 0.3 is 0 Å². The molecule has 0 atom stereocenters. The van der Waals surface area contributed by atoms with Crippen molar-refractivity contribution in [3.05, 3.63) is 92.8 Å². The van der Waals surface area contributed by atoms with E-state index in [1.165, 1.54) is 16.7 Å². The Bertz CT molecular complexity index is 1310. The second kappa shape index (κ2) is 10.6. The van der Waals surface area contributed by atoms with Crippen molar-refractivity contribution in [3.8, 4) is 5.75 Å². The van der Waals surface area contributed by atoms with Crippen LogP contribution < -0.4 is 15.0 Å². The molecule has 0 bridgehead atoms. The third-order valence-corrected chi connectivity index (χ3v) is 6.82. The number of nitrogens with zero attached hydrogens (tertiary/aromatic N) is 1. The van der Waals surface area contributed by atoms with Gasteiger partial charge in [-0.2, -0.15) is 0 Å². The molecule has 0 saturated carbocycles. The van der Waals surface area contributed by atoms with Crippen LogP contribution in [0.2, 0.25) is 10.0 Å². The fraction of sp³-hybridized carbons (Fsp3) is 0.0800. The summed E-state index contributed by atoms with van der Waals surface area (Å²) in [7, 11) is 0. The summed E-state index contributed by atoms with van der Waals surface area (Å²) in [5.41, 5.74) is 2.94. The molecule has 4 rings (SSSR count). The highest BCUT2D eigenvalue weighted by atomic mass is 35.5. The lowest BCUT2D eigenvalue weighted by Crippen LogP contribution is -2.27. The van der Waals surface area contributed by atoms with Gasteiger partial charge in [0.1, 0.15) is 5.75 Å². The van der Waals surface area contributed by atoms with Crippen molar-refractivity contribution >= 4 is 80.8 Å². The lowest BCUT2D eigenvalue weighted by atomic mass is 10.2. The normalized spacial score (nSPS) is 14.6. The van der Waals surface area contributed by atoms with Crippen molar-refractivity contribution in [2.45, 2.75) is 6.92 Å². The second-order valence-corrected chi connectivity index (χ2v) is 9.89. The highest BCUT2D eigenvalue weighted by Crippen LogP contribution is 2.36. The largest absolute Gasteiger partial charge is 0.484 e. The SMILES string of the molecule is Cc1ccc(NC(=O)COc2cccc(/C=C3\SC(=S)N(c4ccc(Cl)cc4)C3=O)c2)cc1Cl. The summed E-state index contributed by atoms with van der Waals surface area (Å²) in [5.74, 6) is -0.0204. The number of carbonyl (C=O) groups is 2. The number of amides is 2. The Balaban J connectivity index is 1.41. The van der Waals surface area contributed by atoms with Crippen LogP contribution in [0.5, 0.6) is 5.75 Å². The van der Waals surface area contributed by atoms with E-state index in [0.717, 1.165) is 11.1 Å². The number of halogens is 2. The Hall–Kier alpha value is -2.84. The van der Waals surface area contributed by atoms with Gasteiger partial charge in [0, 0.05) is 15.7 Å². The van der Waals surface area contributed by atoms with Crippen molar-refractivity contribution in [1.29, 1.82) is 0 Å². The zero-order chi connectivity index (χ0) is 24.2. The van der Waals surface area contributed by atoms with Crippen LogP contribution in [0.1, 0.15) is 11.1 Å². The summed E-state index contributed by atoms with van der Waals surface area (Å²) in [4.78, 5) is 27.2. The number of hydrogen-bond donors (Lipinski definition) is 1. The van der Waals surface area contributed by atoms with Gasteiger partial charge in [0.15, 0.2) is 10.9 Å². The number of anilines is 2. The molecule has 0 aromatic heterocycles. The molecule has 0 unspecified atom stereocenters. The van der Waals surface area contributed by atoms with Gasteiger partial charge in [-0.3, -0.25) is 14.5 Å². The predicted octanol–water partition coefficient (Wildman–Crippen LogP) is 6.73. The minimum absolute atomic E-state index is 0.173. The van der Waals surface area contributed by atoms with E-state index in [9.17, 15) is 9.59 Å². The molecular weight excluding hydrogens is 511 g/mol. The maximum atomic E-state index is 12.9. The van der Waals surface area contributed by atoms with Crippen LogP contribution in [0.25, 0.3) is 6.08 Å². The van der Waals surface area contributed by atoms with Gasteiger partial charge < -0.3 is 10.1 Å². The summed E-state index contributed by atoms with van der Waals surface area (Å²) in [6.07, 6.45) is 1.75. The average molecular weight is 529 g/mol. The standard InChI is InChI=1S/C25H18Cl2N2O3S2/c1-15-5-8-18(13-21(15)27)28-23(30)14-32-20-4-2-3-16(11-20)12-22-24(31)29(25(33)34-22)19-9-6-17(26)7-10-19/h2-13H,14H2,1H3,(H,28,30)/b22-12-. The molecule has 34 heavy (non-hydrogen) atoms. The second-order valence-electron chi connectivity index (χ2n) is 7.37. The molecule has 0 spiro atoms. The van der Waals surface area contributed by atoms with Crippen LogP contribution >= 0.6 is 47.2 Å². The number of nitrogens with one attached hydrogen (secondary N) is 1. The summed E-state index contributed by atoms with van der Waals surface area (Å²) in [5, 5.41) is 3.91. The maximum absolute atomic E-state index is 12.9. The first-order valence-electron chi connectivity index (χ1n) is 10.1. The van der Waals surface area contributed by atoms with Crippen LogP contribution in [0, 0.1) is 6.92 Å². The lowest BCUT2D eigenvalue weighted by Gasteiger charge is -2.14. The van der Waals surface area contributed by atoms with E-state index >= 15 is 0 Å². The number of thiocarbonyl (C=S) groups is 1. The zero-order valence-corrected chi connectivity index (χ0v) is 21.0. The molecule has 1 aliphatic heterocycles. The molecule has 0 aliphatic carbocycles. The van der Waals surface area contributed by atoms with E-state index in [4.69, 9.17) is 40.2 Å². The first-order chi connectivity index (χ1) is 16.3. The molecule has 5 nitrogen and oxygen atoms in total. The van der Waals surface area contributed by atoms with Crippen LogP contribution in [0.4, 0.5) is 11.4 Å².